The fourth-order valence-electron chi connectivity index (χ4n) is 3.50. The van der Waals surface area contributed by atoms with Crippen LogP contribution in [0.4, 0.5) is 0 Å². The van der Waals surface area contributed by atoms with E-state index in [4.69, 9.17) is 4.74 Å². The van der Waals surface area contributed by atoms with Gasteiger partial charge in [-0.15, -0.1) is 0 Å². The Balaban J connectivity index is 1.66. The molecule has 1 aromatic rings. The lowest BCUT2D eigenvalue weighted by molar-refractivity contribution is -0.148. The summed E-state index contributed by atoms with van der Waals surface area (Å²) in [4.78, 5) is 36.0. The summed E-state index contributed by atoms with van der Waals surface area (Å²) in [5, 5.41) is 5.66. The Labute approximate surface area is 173 Å². The molecule has 0 spiro atoms. The van der Waals surface area contributed by atoms with Gasteiger partial charge < -0.3 is 15.4 Å². The zero-order valence-electron chi connectivity index (χ0n) is 18.0. The number of carbonyl (C=O) groups excluding carboxylic acids is 3. The van der Waals surface area contributed by atoms with E-state index in [1.54, 1.807) is 12.1 Å². The molecule has 0 unspecified atom stereocenters. The number of carbonyl (C=O) groups is 3. The molecule has 2 amide bonds. The Bertz CT molecular complexity index is 707. The van der Waals surface area contributed by atoms with E-state index in [1.807, 2.05) is 12.1 Å². The molecule has 1 fully saturated rings. The van der Waals surface area contributed by atoms with Crippen molar-refractivity contribution in [1.82, 2.24) is 10.6 Å². The number of ether oxygens (including phenoxy) is 1. The molecular formula is C23H34N2O4. The third-order valence-electron chi connectivity index (χ3n) is 5.45. The normalized spacial score (nSPS) is 19.3. The highest BCUT2D eigenvalue weighted by atomic mass is 16.5. The highest BCUT2D eigenvalue weighted by Gasteiger charge is 2.23. The molecule has 0 saturated heterocycles. The summed E-state index contributed by atoms with van der Waals surface area (Å²) in [5.74, 6) is -0.543. The van der Waals surface area contributed by atoms with Gasteiger partial charge in [-0.1, -0.05) is 52.7 Å². The molecule has 2 rings (SSSR count). The van der Waals surface area contributed by atoms with E-state index in [0.29, 0.717) is 11.5 Å². The largest absolute Gasteiger partial charge is 0.456 e. The van der Waals surface area contributed by atoms with Gasteiger partial charge in [0.15, 0.2) is 6.61 Å². The van der Waals surface area contributed by atoms with Gasteiger partial charge in [0.2, 0.25) is 0 Å². The molecular weight excluding hydrogens is 368 g/mol. The first-order chi connectivity index (χ1) is 13.7. The molecule has 160 valence electrons. The Morgan fingerprint density at radius 2 is 1.72 bits per heavy atom. The van der Waals surface area contributed by atoms with E-state index in [0.717, 1.165) is 24.8 Å². The Hall–Kier alpha value is -2.37. The minimum Gasteiger partial charge on any atom is -0.456 e. The van der Waals surface area contributed by atoms with Crippen LogP contribution in [0.25, 0.3) is 0 Å². The second-order valence-corrected chi connectivity index (χ2v) is 8.93. The standard InChI is InChI=1S/C23H34N2O4/c1-16-7-5-6-8-19(16)25-20(26)15-29-21(27)13-14-24-22(28)17-9-11-18(12-10-17)23(2,3)4/h9-12,16,19H,5-8,13-15H2,1-4H3,(H,24,28)(H,25,26)/t16-,19+/m0/s1. The van der Waals surface area contributed by atoms with Gasteiger partial charge in [0.05, 0.1) is 6.42 Å². The molecule has 1 saturated carbocycles. The van der Waals surface area contributed by atoms with Gasteiger partial charge in [-0.2, -0.15) is 0 Å². The zero-order valence-corrected chi connectivity index (χ0v) is 18.0. The summed E-state index contributed by atoms with van der Waals surface area (Å²) in [6.45, 7) is 8.37. The van der Waals surface area contributed by atoms with Gasteiger partial charge in [0.25, 0.3) is 11.8 Å². The monoisotopic (exact) mass is 402 g/mol. The summed E-state index contributed by atoms with van der Waals surface area (Å²) in [7, 11) is 0. The molecule has 2 N–H and O–H groups in total. The van der Waals surface area contributed by atoms with E-state index in [-0.39, 0.29) is 42.8 Å². The second-order valence-electron chi connectivity index (χ2n) is 8.93. The molecule has 0 radical (unpaired) electrons. The van der Waals surface area contributed by atoms with Crippen LogP contribution < -0.4 is 10.6 Å². The molecule has 1 aromatic carbocycles. The van der Waals surface area contributed by atoms with Gasteiger partial charge in [0.1, 0.15) is 0 Å². The lowest BCUT2D eigenvalue weighted by Crippen LogP contribution is -2.43. The topological polar surface area (TPSA) is 84.5 Å². The summed E-state index contributed by atoms with van der Waals surface area (Å²) >= 11 is 0. The van der Waals surface area contributed by atoms with Crippen molar-refractivity contribution in [3.63, 3.8) is 0 Å². The summed E-state index contributed by atoms with van der Waals surface area (Å²) in [6.07, 6.45) is 4.44. The van der Waals surface area contributed by atoms with E-state index in [1.165, 1.54) is 6.42 Å². The highest BCUT2D eigenvalue weighted by Crippen LogP contribution is 2.23. The van der Waals surface area contributed by atoms with E-state index in [2.05, 4.69) is 38.3 Å². The number of hydrogen-bond donors (Lipinski definition) is 2. The van der Waals surface area contributed by atoms with Crippen LogP contribution in [0.5, 0.6) is 0 Å². The van der Waals surface area contributed by atoms with Crippen LogP contribution >= 0.6 is 0 Å². The van der Waals surface area contributed by atoms with Crippen molar-refractivity contribution in [1.29, 1.82) is 0 Å². The summed E-state index contributed by atoms with van der Waals surface area (Å²) < 4.78 is 5.02. The molecule has 6 nitrogen and oxygen atoms in total. The first-order valence-corrected chi connectivity index (χ1v) is 10.5. The Morgan fingerprint density at radius 3 is 2.34 bits per heavy atom. The SMILES string of the molecule is C[C@H]1CCCC[C@H]1NC(=O)COC(=O)CCNC(=O)c1ccc(C(C)(C)C)cc1. The van der Waals surface area contributed by atoms with Gasteiger partial charge in [-0.05, 0) is 41.9 Å². The predicted octanol–water partition coefficient (Wildman–Crippen LogP) is 3.34. The number of hydrogen-bond acceptors (Lipinski definition) is 4. The average molecular weight is 403 g/mol. The number of benzene rings is 1. The number of esters is 1. The van der Waals surface area contributed by atoms with Gasteiger partial charge in [0, 0.05) is 18.2 Å². The molecule has 1 aliphatic rings. The minimum absolute atomic E-state index is 0.0267. The number of nitrogens with one attached hydrogen (secondary N) is 2. The van der Waals surface area contributed by atoms with E-state index < -0.39 is 5.97 Å². The summed E-state index contributed by atoms with van der Waals surface area (Å²) in [6, 6.07) is 7.61. The maximum Gasteiger partial charge on any atom is 0.308 e. The van der Waals surface area contributed by atoms with Crippen LogP contribution in [-0.2, 0) is 19.7 Å². The van der Waals surface area contributed by atoms with Crippen molar-refractivity contribution in [2.75, 3.05) is 13.2 Å². The predicted molar refractivity (Wildman–Crippen MR) is 113 cm³/mol. The molecule has 1 aliphatic carbocycles. The third-order valence-corrected chi connectivity index (χ3v) is 5.45. The fraction of sp³-hybridized carbons (Fsp3) is 0.609. The molecule has 0 bridgehead atoms. The van der Waals surface area contributed by atoms with Crippen LogP contribution in [0.15, 0.2) is 24.3 Å². The van der Waals surface area contributed by atoms with Crippen LogP contribution in [-0.4, -0.2) is 37.0 Å². The van der Waals surface area contributed by atoms with Crippen LogP contribution in [0.1, 0.15) is 75.7 Å². The van der Waals surface area contributed by atoms with Crippen LogP contribution in [0.2, 0.25) is 0 Å². The Kier molecular flexibility index (Phi) is 8.23. The van der Waals surface area contributed by atoms with Crippen molar-refractivity contribution < 1.29 is 19.1 Å². The lowest BCUT2D eigenvalue weighted by atomic mass is 9.86. The molecule has 0 heterocycles. The van der Waals surface area contributed by atoms with Crippen molar-refractivity contribution in [3.05, 3.63) is 35.4 Å². The fourth-order valence-corrected chi connectivity index (χ4v) is 3.50. The number of rotatable bonds is 7. The molecule has 6 heteroatoms. The van der Waals surface area contributed by atoms with Gasteiger partial charge >= 0.3 is 5.97 Å². The molecule has 0 aromatic heterocycles. The molecule has 2 atom stereocenters. The average Bonchev–Trinajstić information content (AvgIpc) is 2.67. The second kappa shape index (κ2) is 10.4. The first-order valence-electron chi connectivity index (χ1n) is 10.5. The molecule has 0 aliphatic heterocycles. The lowest BCUT2D eigenvalue weighted by Gasteiger charge is -2.29. The maximum atomic E-state index is 12.2. The van der Waals surface area contributed by atoms with E-state index in [9.17, 15) is 14.4 Å². The summed E-state index contributed by atoms with van der Waals surface area (Å²) in [5.41, 5.74) is 1.73. The quantitative estimate of drug-likeness (QED) is 0.685. The maximum absolute atomic E-state index is 12.2. The van der Waals surface area contributed by atoms with Crippen molar-refractivity contribution in [3.8, 4) is 0 Å². The first kappa shape index (κ1) is 22.9. The van der Waals surface area contributed by atoms with Gasteiger partial charge in [-0.3, -0.25) is 14.4 Å². The minimum atomic E-state index is -0.500. The van der Waals surface area contributed by atoms with Gasteiger partial charge in [-0.25, -0.2) is 0 Å². The van der Waals surface area contributed by atoms with Crippen molar-refractivity contribution >= 4 is 17.8 Å². The van der Waals surface area contributed by atoms with Crippen LogP contribution in [0, 0.1) is 5.92 Å². The van der Waals surface area contributed by atoms with Crippen molar-refractivity contribution in [2.24, 2.45) is 5.92 Å². The van der Waals surface area contributed by atoms with E-state index >= 15 is 0 Å². The number of amides is 2. The smallest absolute Gasteiger partial charge is 0.308 e. The zero-order chi connectivity index (χ0) is 21.4. The molecule has 29 heavy (non-hydrogen) atoms. The highest BCUT2D eigenvalue weighted by molar-refractivity contribution is 5.94. The van der Waals surface area contributed by atoms with Crippen molar-refractivity contribution in [2.45, 2.75) is 71.3 Å². The van der Waals surface area contributed by atoms with Crippen LogP contribution in [0.3, 0.4) is 0 Å². The third kappa shape index (κ3) is 7.52. The Morgan fingerprint density at radius 1 is 1.07 bits per heavy atom.